The van der Waals surface area contributed by atoms with Crippen LogP contribution in [0.25, 0.3) is 0 Å². The fraction of sp³-hybridized carbons (Fsp3) is 0.353. The first kappa shape index (κ1) is 18.4. The second kappa shape index (κ2) is 7.11. The van der Waals surface area contributed by atoms with Crippen LogP contribution in [0.3, 0.4) is 0 Å². The quantitative estimate of drug-likeness (QED) is 0.771. The van der Waals surface area contributed by atoms with E-state index in [-0.39, 0.29) is 34.6 Å². The molecule has 1 fully saturated rings. The van der Waals surface area contributed by atoms with Crippen LogP contribution in [0.5, 0.6) is 0 Å². The van der Waals surface area contributed by atoms with E-state index in [0.717, 1.165) is 18.9 Å². The number of carbonyl (C=O) groups excluding carboxylic acids is 1. The Kier molecular flexibility index (Phi) is 5.04. The van der Waals surface area contributed by atoms with E-state index in [1.807, 2.05) is 0 Å². The number of alkyl halides is 3. The number of halogens is 4. The Morgan fingerprint density at radius 1 is 1.31 bits per heavy atom. The highest BCUT2D eigenvalue weighted by molar-refractivity contribution is 6.35. The van der Waals surface area contributed by atoms with E-state index in [4.69, 9.17) is 11.6 Å². The van der Waals surface area contributed by atoms with Gasteiger partial charge in [0.1, 0.15) is 16.7 Å². The van der Waals surface area contributed by atoms with E-state index in [2.05, 4.69) is 20.0 Å². The van der Waals surface area contributed by atoms with Gasteiger partial charge in [0.05, 0.1) is 12.7 Å². The fourth-order valence-corrected chi connectivity index (χ4v) is 2.70. The molecule has 0 atom stereocenters. The Morgan fingerprint density at radius 2 is 2.00 bits per heavy atom. The van der Waals surface area contributed by atoms with Crippen molar-refractivity contribution >= 4 is 23.4 Å². The van der Waals surface area contributed by atoms with Crippen molar-refractivity contribution in [2.45, 2.75) is 31.5 Å². The largest absolute Gasteiger partial charge is 0.464 e. The molecule has 0 amide bonds. The predicted octanol–water partition coefficient (Wildman–Crippen LogP) is 4.42. The number of esters is 1. The summed E-state index contributed by atoms with van der Waals surface area (Å²) < 4.78 is 44.0. The number of aromatic nitrogens is 2. The number of ether oxygens (including phenoxy) is 1. The number of hydrogen-bond donors (Lipinski definition) is 1. The summed E-state index contributed by atoms with van der Waals surface area (Å²) >= 11 is 6.16. The van der Waals surface area contributed by atoms with Crippen LogP contribution >= 0.6 is 11.6 Å². The maximum Gasteiger partial charge on any atom is 0.416 e. The number of hydrogen-bond acceptors (Lipinski definition) is 5. The smallest absolute Gasteiger partial charge is 0.416 e. The SMILES string of the molecule is COC(=O)c1nc(C2CC2)nc(NCc2ccccc2C(F)(F)F)c1Cl. The molecule has 1 aromatic heterocycles. The zero-order valence-corrected chi connectivity index (χ0v) is 14.5. The topological polar surface area (TPSA) is 64.1 Å². The molecule has 2 aromatic rings. The lowest BCUT2D eigenvalue weighted by Gasteiger charge is -2.15. The minimum Gasteiger partial charge on any atom is -0.464 e. The molecule has 0 aliphatic heterocycles. The number of nitrogens with one attached hydrogen (secondary N) is 1. The first-order chi connectivity index (χ1) is 12.3. The second-order valence-electron chi connectivity index (χ2n) is 5.87. The van der Waals surface area contributed by atoms with Gasteiger partial charge in [0.25, 0.3) is 0 Å². The van der Waals surface area contributed by atoms with E-state index in [1.165, 1.54) is 25.3 Å². The van der Waals surface area contributed by atoms with Gasteiger partial charge in [-0.05, 0) is 24.5 Å². The van der Waals surface area contributed by atoms with Crippen LogP contribution in [0, 0.1) is 0 Å². The molecule has 3 rings (SSSR count). The van der Waals surface area contributed by atoms with Crippen molar-refractivity contribution in [3.05, 3.63) is 51.9 Å². The summed E-state index contributed by atoms with van der Waals surface area (Å²) in [5, 5.41) is 2.72. The van der Waals surface area contributed by atoms with Crippen LogP contribution in [0.4, 0.5) is 19.0 Å². The van der Waals surface area contributed by atoms with Crippen LogP contribution in [0.15, 0.2) is 24.3 Å². The summed E-state index contributed by atoms with van der Waals surface area (Å²) in [6, 6.07) is 5.22. The van der Waals surface area contributed by atoms with E-state index >= 15 is 0 Å². The molecule has 9 heteroatoms. The molecule has 1 aromatic carbocycles. The number of nitrogens with zero attached hydrogens (tertiary/aromatic N) is 2. The van der Waals surface area contributed by atoms with Crippen LogP contribution in [-0.2, 0) is 17.5 Å². The van der Waals surface area contributed by atoms with Gasteiger partial charge >= 0.3 is 12.1 Å². The highest BCUT2D eigenvalue weighted by atomic mass is 35.5. The van der Waals surface area contributed by atoms with Gasteiger partial charge < -0.3 is 10.1 Å². The van der Waals surface area contributed by atoms with Crippen LogP contribution in [0.1, 0.15) is 46.2 Å². The molecule has 1 aliphatic carbocycles. The molecule has 1 heterocycles. The van der Waals surface area contributed by atoms with Crippen molar-refractivity contribution in [2.75, 3.05) is 12.4 Å². The number of carbonyl (C=O) groups is 1. The minimum atomic E-state index is -4.47. The van der Waals surface area contributed by atoms with E-state index < -0.39 is 17.7 Å². The maximum absolute atomic E-state index is 13.1. The van der Waals surface area contributed by atoms with E-state index in [0.29, 0.717) is 5.82 Å². The van der Waals surface area contributed by atoms with Gasteiger partial charge in [-0.3, -0.25) is 0 Å². The van der Waals surface area contributed by atoms with E-state index in [1.54, 1.807) is 0 Å². The van der Waals surface area contributed by atoms with Gasteiger partial charge in [0.15, 0.2) is 5.69 Å². The van der Waals surface area contributed by atoms with Gasteiger partial charge in [0, 0.05) is 12.5 Å². The summed E-state index contributed by atoms with van der Waals surface area (Å²) in [5.41, 5.74) is -0.798. The Morgan fingerprint density at radius 3 is 2.62 bits per heavy atom. The highest BCUT2D eigenvalue weighted by Gasteiger charge is 2.33. The average Bonchev–Trinajstić information content (AvgIpc) is 3.44. The Balaban J connectivity index is 1.91. The summed E-state index contributed by atoms with van der Waals surface area (Å²) in [6.45, 7) is -0.156. The highest BCUT2D eigenvalue weighted by Crippen LogP contribution is 2.40. The van der Waals surface area contributed by atoms with E-state index in [9.17, 15) is 18.0 Å². The van der Waals surface area contributed by atoms with Crippen LogP contribution in [0.2, 0.25) is 5.02 Å². The van der Waals surface area contributed by atoms with Crippen molar-refractivity contribution in [1.29, 1.82) is 0 Å². The first-order valence-electron chi connectivity index (χ1n) is 7.86. The van der Waals surface area contributed by atoms with Gasteiger partial charge in [0.2, 0.25) is 0 Å². The molecular formula is C17H15ClF3N3O2. The van der Waals surface area contributed by atoms with Crippen molar-refractivity contribution < 1.29 is 22.7 Å². The van der Waals surface area contributed by atoms with Gasteiger partial charge in [-0.2, -0.15) is 13.2 Å². The summed E-state index contributed by atoms with van der Waals surface area (Å²) in [4.78, 5) is 20.3. The number of rotatable bonds is 5. The molecule has 0 spiro atoms. The average molecular weight is 386 g/mol. The minimum absolute atomic E-state index is 0.0438. The maximum atomic E-state index is 13.1. The molecule has 5 nitrogen and oxygen atoms in total. The Labute approximate surface area is 152 Å². The molecule has 26 heavy (non-hydrogen) atoms. The molecule has 0 bridgehead atoms. The number of benzene rings is 1. The van der Waals surface area contributed by atoms with Crippen molar-refractivity contribution in [3.63, 3.8) is 0 Å². The summed E-state index contributed by atoms with van der Waals surface area (Å²) in [7, 11) is 1.20. The summed E-state index contributed by atoms with van der Waals surface area (Å²) in [6.07, 6.45) is -2.69. The first-order valence-corrected chi connectivity index (χ1v) is 8.23. The third kappa shape index (κ3) is 3.90. The second-order valence-corrected chi connectivity index (χ2v) is 6.25. The van der Waals surface area contributed by atoms with Gasteiger partial charge in [-0.25, -0.2) is 14.8 Å². The molecular weight excluding hydrogens is 371 g/mol. The molecule has 1 saturated carbocycles. The normalized spacial score (nSPS) is 14.2. The zero-order chi connectivity index (χ0) is 18.9. The lowest BCUT2D eigenvalue weighted by molar-refractivity contribution is -0.138. The predicted molar refractivity (Wildman–Crippen MR) is 89.1 cm³/mol. The third-order valence-corrected chi connectivity index (χ3v) is 4.32. The lowest BCUT2D eigenvalue weighted by Crippen LogP contribution is -2.15. The monoisotopic (exact) mass is 385 g/mol. The van der Waals surface area contributed by atoms with Crippen molar-refractivity contribution in [2.24, 2.45) is 0 Å². The fourth-order valence-electron chi connectivity index (χ4n) is 2.47. The van der Waals surface area contributed by atoms with Crippen LogP contribution < -0.4 is 5.32 Å². The zero-order valence-electron chi connectivity index (χ0n) is 13.7. The van der Waals surface area contributed by atoms with Crippen molar-refractivity contribution in [1.82, 2.24) is 9.97 Å². The molecule has 0 saturated heterocycles. The standard InChI is InChI=1S/C17H15ClF3N3O2/c1-26-16(25)13-12(18)15(24-14(23-13)9-6-7-9)22-8-10-4-2-3-5-11(10)17(19,20)21/h2-5,9H,6-8H2,1H3,(H,22,23,24). The number of anilines is 1. The molecule has 1 aliphatic rings. The third-order valence-electron chi connectivity index (χ3n) is 3.96. The molecule has 0 radical (unpaired) electrons. The molecule has 0 unspecified atom stereocenters. The molecule has 1 N–H and O–H groups in total. The van der Waals surface area contributed by atoms with Crippen molar-refractivity contribution in [3.8, 4) is 0 Å². The summed E-state index contributed by atoms with van der Waals surface area (Å²) in [5.74, 6) is -0.0564. The van der Waals surface area contributed by atoms with Crippen LogP contribution in [-0.4, -0.2) is 23.0 Å². The Bertz CT molecular complexity index is 838. The number of methoxy groups -OCH3 is 1. The van der Waals surface area contributed by atoms with Gasteiger partial charge in [-0.1, -0.05) is 29.8 Å². The lowest BCUT2D eigenvalue weighted by atomic mass is 10.1. The van der Waals surface area contributed by atoms with Gasteiger partial charge in [-0.15, -0.1) is 0 Å². The Hall–Kier alpha value is -2.35. The molecule has 138 valence electrons.